The largest absolute Gasteiger partial charge is 0.493 e. The molecule has 1 aromatic rings. The molecule has 0 spiro atoms. The summed E-state index contributed by atoms with van der Waals surface area (Å²) in [5.74, 6) is 1.47. The summed E-state index contributed by atoms with van der Waals surface area (Å²) >= 11 is 5.45. The lowest BCUT2D eigenvalue weighted by Gasteiger charge is -2.25. The van der Waals surface area contributed by atoms with E-state index in [0.717, 1.165) is 43.0 Å². The van der Waals surface area contributed by atoms with Crippen molar-refractivity contribution >= 4 is 17.3 Å². The summed E-state index contributed by atoms with van der Waals surface area (Å²) in [7, 11) is 3.27. The number of nitrogens with zero attached hydrogens (tertiary/aromatic N) is 1. The van der Waals surface area contributed by atoms with E-state index >= 15 is 0 Å². The van der Waals surface area contributed by atoms with Crippen LogP contribution in [0.1, 0.15) is 31.7 Å². The summed E-state index contributed by atoms with van der Waals surface area (Å²) in [4.78, 5) is 2.04. The van der Waals surface area contributed by atoms with Crippen molar-refractivity contribution in [3.05, 3.63) is 23.8 Å². The SMILES string of the molecule is CCCCCN(CCO)C(=S)NCCc1ccc(OC)c(OC)c1. The minimum Gasteiger partial charge on any atom is -0.493 e. The van der Waals surface area contributed by atoms with Gasteiger partial charge >= 0.3 is 0 Å². The van der Waals surface area contributed by atoms with Gasteiger partial charge in [-0.1, -0.05) is 25.8 Å². The van der Waals surface area contributed by atoms with Crippen LogP contribution < -0.4 is 14.8 Å². The van der Waals surface area contributed by atoms with Gasteiger partial charge in [-0.2, -0.15) is 0 Å². The summed E-state index contributed by atoms with van der Waals surface area (Å²) in [6, 6.07) is 5.92. The van der Waals surface area contributed by atoms with Gasteiger partial charge in [-0.05, 0) is 42.8 Å². The molecule has 0 aliphatic carbocycles. The van der Waals surface area contributed by atoms with Crippen LogP contribution in [-0.4, -0.2) is 55.6 Å². The maximum atomic E-state index is 9.20. The van der Waals surface area contributed by atoms with Gasteiger partial charge in [-0.3, -0.25) is 0 Å². The molecule has 0 bridgehead atoms. The molecule has 0 unspecified atom stereocenters. The fourth-order valence-electron chi connectivity index (χ4n) is 2.45. The van der Waals surface area contributed by atoms with Crippen molar-refractivity contribution in [1.82, 2.24) is 10.2 Å². The predicted octanol–water partition coefficient (Wildman–Crippen LogP) is 2.61. The van der Waals surface area contributed by atoms with Crippen LogP contribution in [0.4, 0.5) is 0 Å². The lowest BCUT2D eigenvalue weighted by atomic mass is 10.1. The zero-order valence-electron chi connectivity index (χ0n) is 15.0. The van der Waals surface area contributed by atoms with Crippen LogP contribution in [0.15, 0.2) is 18.2 Å². The lowest BCUT2D eigenvalue weighted by Crippen LogP contribution is -2.42. The Morgan fingerprint density at radius 3 is 2.54 bits per heavy atom. The molecule has 0 aromatic heterocycles. The van der Waals surface area contributed by atoms with Crippen LogP contribution in [0, 0.1) is 0 Å². The van der Waals surface area contributed by atoms with Gasteiger partial charge in [0.1, 0.15) is 0 Å². The highest BCUT2D eigenvalue weighted by Gasteiger charge is 2.09. The number of rotatable bonds is 11. The van der Waals surface area contributed by atoms with Crippen molar-refractivity contribution in [1.29, 1.82) is 0 Å². The standard InChI is InChI=1S/C18H30N2O3S/c1-4-5-6-11-20(12-13-21)18(24)19-10-9-15-7-8-16(22-2)17(14-15)23-3/h7-8,14,21H,4-6,9-13H2,1-3H3,(H,19,24). The van der Waals surface area contributed by atoms with Gasteiger partial charge in [0, 0.05) is 19.6 Å². The van der Waals surface area contributed by atoms with Gasteiger partial charge in [0.2, 0.25) is 0 Å². The van der Waals surface area contributed by atoms with Crippen molar-refractivity contribution in [3.63, 3.8) is 0 Å². The van der Waals surface area contributed by atoms with E-state index in [-0.39, 0.29) is 6.61 Å². The second-order valence-corrected chi connectivity index (χ2v) is 5.98. The molecule has 1 rings (SSSR count). The molecule has 136 valence electrons. The van der Waals surface area contributed by atoms with Crippen molar-refractivity contribution in [3.8, 4) is 11.5 Å². The van der Waals surface area contributed by atoms with Crippen molar-refractivity contribution in [2.45, 2.75) is 32.6 Å². The molecule has 0 amide bonds. The van der Waals surface area contributed by atoms with Gasteiger partial charge < -0.3 is 24.8 Å². The highest BCUT2D eigenvalue weighted by Crippen LogP contribution is 2.27. The van der Waals surface area contributed by atoms with E-state index in [0.29, 0.717) is 11.7 Å². The van der Waals surface area contributed by atoms with Gasteiger partial charge in [-0.15, -0.1) is 0 Å². The number of thiocarbonyl (C=S) groups is 1. The Balaban J connectivity index is 2.47. The summed E-state index contributed by atoms with van der Waals surface area (Å²) < 4.78 is 10.6. The molecule has 0 saturated heterocycles. The quantitative estimate of drug-likeness (QED) is 0.471. The van der Waals surface area contributed by atoms with E-state index in [4.69, 9.17) is 21.7 Å². The smallest absolute Gasteiger partial charge is 0.169 e. The molecule has 6 heteroatoms. The molecule has 1 aromatic carbocycles. The number of aliphatic hydroxyl groups is 1. The van der Waals surface area contributed by atoms with Crippen molar-refractivity contribution in [2.75, 3.05) is 40.5 Å². The third-order valence-electron chi connectivity index (χ3n) is 3.83. The van der Waals surface area contributed by atoms with E-state index in [1.807, 2.05) is 23.1 Å². The Morgan fingerprint density at radius 1 is 1.17 bits per heavy atom. The number of hydrogen-bond donors (Lipinski definition) is 2. The second kappa shape index (κ2) is 11.9. The van der Waals surface area contributed by atoms with Crippen LogP contribution in [0.5, 0.6) is 11.5 Å². The number of aliphatic hydroxyl groups excluding tert-OH is 1. The first-order valence-electron chi connectivity index (χ1n) is 8.50. The van der Waals surface area contributed by atoms with Crippen LogP contribution in [-0.2, 0) is 6.42 Å². The molecule has 0 aliphatic rings. The number of unbranched alkanes of at least 4 members (excludes halogenated alkanes) is 2. The van der Waals surface area contributed by atoms with Gasteiger partial charge in [0.25, 0.3) is 0 Å². The molecule has 0 saturated carbocycles. The Kier molecular flexibility index (Phi) is 10.2. The molecular weight excluding hydrogens is 324 g/mol. The maximum Gasteiger partial charge on any atom is 0.169 e. The lowest BCUT2D eigenvalue weighted by molar-refractivity contribution is 0.246. The van der Waals surface area contributed by atoms with Gasteiger partial charge in [0.15, 0.2) is 16.6 Å². The fourth-order valence-corrected chi connectivity index (χ4v) is 2.73. The monoisotopic (exact) mass is 354 g/mol. The normalized spacial score (nSPS) is 10.3. The predicted molar refractivity (Wildman–Crippen MR) is 102 cm³/mol. The molecule has 2 N–H and O–H groups in total. The average molecular weight is 355 g/mol. The van der Waals surface area contributed by atoms with Crippen molar-refractivity contribution < 1.29 is 14.6 Å². The topological polar surface area (TPSA) is 54.0 Å². The molecule has 24 heavy (non-hydrogen) atoms. The summed E-state index contributed by atoms with van der Waals surface area (Å²) in [6.07, 6.45) is 4.28. The Labute approximate surface area is 151 Å². The number of methoxy groups -OCH3 is 2. The van der Waals surface area contributed by atoms with Gasteiger partial charge in [0.05, 0.1) is 20.8 Å². The number of ether oxygens (including phenoxy) is 2. The minimum atomic E-state index is 0.115. The molecule has 0 radical (unpaired) electrons. The van der Waals surface area contributed by atoms with Crippen LogP contribution in [0.3, 0.4) is 0 Å². The Morgan fingerprint density at radius 2 is 1.92 bits per heavy atom. The third-order valence-corrected chi connectivity index (χ3v) is 4.23. The first kappa shape index (κ1) is 20.5. The minimum absolute atomic E-state index is 0.115. The summed E-state index contributed by atoms with van der Waals surface area (Å²) in [5.41, 5.74) is 1.16. The number of nitrogens with one attached hydrogen (secondary N) is 1. The van der Waals surface area contributed by atoms with Crippen molar-refractivity contribution in [2.24, 2.45) is 0 Å². The number of benzene rings is 1. The van der Waals surface area contributed by atoms with E-state index in [2.05, 4.69) is 12.2 Å². The van der Waals surface area contributed by atoms with Crippen LogP contribution in [0.25, 0.3) is 0 Å². The van der Waals surface area contributed by atoms with E-state index < -0.39 is 0 Å². The molecule has 0 heterocycles. The van der Waals surface area contributed by atoms with Crippen LogP contribution >= 0.6 is 12.2 Å². The maximum absolute atomic E-state index is 9.20. The highest BCUT2D eigenvalue weighted by molar-refractivity contribution is 7.80. The Bertz CT molecular complexity index is 497. The zero-order valence-corrected chi connectivity index (χ0v) is 15.8. The second-order valence-electron chi connectivity index (χ2n) is 5.59. The van der Waals surface area contributed by atoms with Crippen LogP contribution in [0.2, 0.25) is 0 Å². The first-order chi connectivity index (χ1) is 11.7. The molecule has 0 fully saturated rings. The molecule has 0 atom stereocenters. The molecule has 5 nitrogen and oxygen atoms in total. The molecular formula is C18H30N2O3S. The third kappa shape index (κ3) is 6.93. The van der Waals surface area contributed by atoms with E-state index in [1.54, 1.807) is 14.2 Å². The fraction of sp³-hybridized carbons (Fsp3) is 0.611. The number of hydrogen-bond acceptors (Lipinski definition) is 4. The average Bonchev–Trinajstić information content (AvgIpc) is 2.60. The van der Waals surface area contributed by atoms with Gasteiger partial charge in [-0.25, -0.2) is 0 Å². The zero-order chi connectivity index (χ0) is 17.8. The highest BCUT2D eigenvalue weighted by atomic mass is 32.1. The molecule has 0 aliphatic heterocycles. The Hall–Kier alpha value is -1.53. The summed E-state index contributed by atoms with van der Waals surface area (Å²) in [5, 5.41) is 13.2. The van der Waals surface area contributed by atoms with E-state index in [1.165, 1.54) is 12.8 Å². The summed E-state index contributed by atoms with van der Waals surface area (Å²) in [6.45, 7) is 4.49. The van der Waals surface area contributed by atoms with E-state index in [9.17, 15) is 5.11 Å². The first-order valence-corrected chi connectivity index (χ1v) is 8.91.